The molecule has 0 saturated heterocycles. The molecule has 6 nitrogen and oxygen atoms in total. The van der Waals surface area contributed by atoms with Gasteiger partial charge in [-0.1, -0.05) is 36.5 Å². The molecule has 0 radical (unpaired) electrons. The van der Waals surface area contributed by atoms with Gasteiger partial charge in [0, 0.05) is 23.9 Å². The minimum atomic E-state index is -0.522. The van der Waals surface area contributed by atoms with Gasteiger partial charge in [0.2, 0.25) is 0 Å². The average Bonchev–Trinajstić information content (AvgIpc) is 3.27. The Hall–Kier alpha value is -3.51. The lowest BCUT2D eigenvalue weighted by atomic mass is 10.1. The highest BCUT2D eigenvalue weighted by Gasteiger charge is 2.29. The summed E-state index contributed by atoms with van der Waals surface area (Å²) in [6, 6.07) is 6.66. The summed E-state index contributed by atoms with van der Waals surface area (Å²) >= 11 is 0. The Morgan fingerprint density at radius 2 is 1.67 bits per heavy atom. The number of ether oxygens (including phenoxy) is 1. The number of imide groups is 1. The molecule has 30 heavy (non-hydrogen) atoms. The van der Waals surface area contributed by atoms with Crippen LogP contribution in [0.4, 0.5) is 11.4 Å². The molecule has 154 valence electrons. The molecule has 0 spiro atoms. The molecule has 0 bridgehead atoms. The smallest absolute Gasteiger partial charge is 0.258 e. The van der Waals surface area contributed by atoms with Crippen LogP contribution in [0.3, 0.4) is 0 Å². The molecule has 6 heteroatoms. The summed E-state index contributed by atoms with van der Waals surface area (Å²) in [5.74, 6) is -0.953. The number of allylic oxidation sites excluding steroid dienone is 3. The van der Waals surface area contributed by atoms with Gasteiger partial charge in [-0.2, -0.15) is 0 Å². The molecule has 1 aromatic carbocycles. The van der Waals surface area contributed by atoms with Crippen molar-refractivity contribution in [2.45, 2.75) is 26.0 Å². The Balaban J connectivity index is 1.63. The van der Waals surface area contributed by atoms with Crippen LogP contribution in [0.1, 0.15) is 19.8 Å². The predicted molar refractivity (Wildman–Crippen MR) is 117 cm³/mol. The van der Waals surface area contributed by atoms with Crippen molar-refractivity contribution in [3.05, 3.63) is 85.0 Å². The minimum absolute atomic E-state index is 0.188. The van der Waals surface area contributed by atoms with Gasteiger partial charge in [-0.3, -0.25) is 19.3 Å². The molecule has 1 unspecified atom stereocenters. The van der Waals surface area contributed by atoms with E-state index in [2.05, 4.69) is 19.2 Å². The average molecular weight is 404 g/mol. The van der Waals surface area contributed by atoms with Gasteiger partial charge < -0.3 is 4.74 Å². The topological polar surface area (TPSA) is 66.9 Å². The fourth-order valence-electron chi connectivity index (χ4n) is 3.16. The highest BCUT2D eigenvalue weighted by molar-refractivity contribution is 6.28. The van der Waals surface area contributed by atoms with Crippen LogP contribution in [0.2, 0.25) is 0 Å². The zero-order valence-electron chi connectivity index (χ0n) is 16.9. The van der Waals surface area contributed by atoms with E-state index >= 15 is 0 Å². The Kier molecular flexibility index (Phi) is 6.59. The van der Waals surface area contributed by atoms with Gasteiger partial charge in [0.1, 0.15) is 0 Å². The Morgan fingerprint density at radius 3 is 2.30 bits per heavy atom. The zero-order chi connectivity index (χ0) is 21.7. The third-order valence-corrected chi connectivity index (χ3v) is 4.82. The maximum atomic E-state index is 12.4. The van der Waals surface area contributed by atoms with Gasteiger partial charge in [-0.05, 0) is 50.1 Å². The fourth-order valence-corrected chi connectivity index (χ4v) is 3.16. The van der Waals surface area contributed by atoms with Crippen LogP contribution < -0.4 is 9.80 Å². The van der Waals surface area contributed by atoms with E-state index in [4.69, 9.17) is 4.74 Å². The molecular weight excluding hydrogens is 380 g/mol. The van der Waals surface area contributed by atoms with E-state index in [-0.39, 0.29) is 17.7 Å². The van der Waals surface area contributed by atoms with Gasteiger partial charge in [-0.15, -0.1) is 0 Å². The van der Waals surface area contributed by atoms with Crippen molar-refractivity contribution in [1.29, 1.82) is 0 Å². The number of nitrogens with zero attached hydrogens (tertiary/aromatic N) is 2. The summed E-state index contributed by atoms with van der Waals surface area (Å²) in [5.41, 5.74) is 3.13. The summed E-state index contributed by atoms with van der Waals surface area (Å²) in [4.78, 5) is 38.6. The van der Waals surface area contributed by atoms with E-state index in [1.807, 2.05) is 6.92 Å². The SMILES string of the molecule is C=CC(=C)CC/C=C(/C)COC1C=CC(=O)N1c1ccc(N2C(=O)C=CC2=O)cc1. The summed E-state index contributed by atoms with van der Waals surface area (Å²) in [6.45, 7) is 9.96. The maximum absolute atomic E-state index is 12.4. The highest BCUT2D eigenvalue weighted by atomic mass is 16.5. The number of carbonyl (C=O) groups is 3. The van der Waals surface area contributed by atoms with Crippen LogP contribution in [-0.4, -0.2) is 30.6 Å². The Bertz CT molecular complexity index is 951. The Labute approximate surface area is 176 Å². The number of hydrogen-bond donors (Lipinski definition) is 0. The van der Waals surface area contributed by atoms with Gasteiger partial charge in [0.15, 0.2) is 6.23 Å². The molecule has 2 aliphatic rings. The van der Waals surface area contributed by atoms with Crippen molar-refractivity contribution in [3.8, 4) is 0 Å². The second-order valence-electron chi connectivity index (χ2n) is 7.08. The molecule has 2 heterocycles. The van der Waals surface area contributed by atoms with Crippen molar-refractivity contribution >= 4 is 29.1 Å². The van der Waals surface area contributed by atoms with Crippen LogP contribution in [0.15, 0.2) is 85.0 Å². The minimum Gasteiger partial charge on any atom is -0.350 e. The van der Waals surface area contributed by atoms with E-state index in [0.29, 0.717) is 18.0 Å². The molecule has 0 fully saturated rings. The first-order valence-electron chi connectivity index (χ1n) is 9.65. The fraction of sp³-hybridized carbons (Fsp3) is 0.208. The quantitative estimate of drug-likeness (QED) is 0.356. The van der Waals surface area contributed by atoms with E-state index in [1.165, 1.54) is 23.1 Å². The van der Waals surface area contributed by atoms with E-state index in [1.54, 1.807) is 36.4 Å². The number of amides is 3. The second-order valence-corrected chi connectivity index (χ2v) is 7.08. The standard InChI is InChI=1S/C24H24N2O4/c1-4-17(2)6-5-7-18(3)16-30-24-15-14-23(29)26(24)20-10-8-19(9-11-20)25-21(27)12-13-22(25)28/h4,7-15,24H,1-2,5-6,16H2,3H3/b18-7-. The molecule has 0 N–H and O–H groups in total. The van der Waals surface area contributed by atoms with Gasteiger partial charge >= 0.3 is 0 Å². The molecule has 3 amide bonds. The number of rotatable bonds is 9. The molecule has 0 saturated carbocycles. The van der Waals surface area contributed by atoms with Crippen molar-refractivity contribution in [1.82, 2.24) is 0 Å². The monoisotopic (exact) mass is 404 g/mol. The summed E-state index contributed by atoms with van der Waals surface area (Å²) in [6.07, 6.45) is 10.7. The van der Waals surface area contributed by atoms with Gasteiger partial charge in [0.05, 0.1) is 12.3 Å². The first-order chi connectivity index (χ1) is 14.4. The van der Waals surface area contributed by atoms with E-state index < -0.39 is 6.23 Å². The maximum Gasteiger partial charge on any atom is 0.258 e. The van der Waals surface area contributed by atoms with Crippen LogP contribution in [-0.2, 0) is 19.1 Å². The number of hydrogen-bond acceptors (Lipinski definition) is 4. The van der Waals surface area contributed by atoms with Crippen LogP contribution in [0.25, 0.3) is 0 Å². The highest BCUT2D eigenvalue weighted by Crippen LogP contribution is 2.27. The molecular formula is C24H24N2O4. The van der Waals surface area contributed by atoms with E-state index in [9.17, 15) is 14.4 Å². The first kappa shape index (κ1) is 21.2. The first-order valence-corrected chi connectivity index (χ1v) is 9.65. The van der Waals surface area contributed by atoms with Crippen molar-refractivity contribution in [3.63, 3.8) is 0 Å². The molecule has 1 atom stereocenters. The predicted octanol–water partition coefficient (Wildman–Crippen LogP) is 3.83. The lowest BCUT2D eigenvalue weighted by Crippen LogP contribution is -2.36. The lowest BCUT2D eigenvalue weighted by Gasteiger charge is -2.25. The van der Waals surface area contributed by atoms with Crippen LogP contribution >= 0.6 is 0 Å². The number of carbonyl (C=O) groups excluding carboxylic acids is 3. The third kappa shape index (κ3) is 4.72. The molecule has 3 rings (SSSR count). The van der Waals surface area contributed by atoms with Crippen molar-refractivity contribution < 1.29 is 19.1 Å². The van der Waals surface area contributed by atoms with Crippen LogP contribution in [0.5, 0.6) is 0 Å². The lowest BCUT2D eigenvalue weighted by molar-refractivity contribution is -0.120. The third-order valence-electron chi connectivity index (χ3n) is 4.82. The zero-order valence-corrected chi connectivity index (χ0v) is 16.9. The molecule has 0 aromatic heterocycles. The second kappa shape index (κ2) is 9.33. The van der Waals surface area contributed by atoms with Gasteiger partial charge in [-0.25, -0.2) is 4.90 Å². The number of anilines is 2. The number of benzene rings is 1. The van der Waals surface area contributed by atoms with Gasteiger partial charge in [0.25, 0.3) is 17.7 Å². The summed E-state index contributed by atoms with van der Waals surface area (Å²) < 4.78 is 5.93. The molecule has 1 aromatic rings. The van der Waals surface area contributed by atoms with Crippen LogP contribution in [0, 0.1) is 0 Å². The van der Waals surface area contributed by atoms with Crippen molar-refractivity contribution in [2.24, 2.45) is 0 Å². The molecule has 0 aliphatic carbocycles. The Morgan fingerprint density at radius 1 is 1.03 bits per heavy atom. The molecule has 2 aliphatic heterocycles. The van der Waals surface area contributed by atoms with E-state index in [0.717, 1.165) is 28.9 Å². The van der Waals surface area contributed by atoms with Crippen molar-refractivity contribution in [2.75, 3.05) is 16.4 Å². The summed E-state index contributed by atoms with van der Waals surface area (Å²) in [5, 5.41) is 0. The summed E-state index contributed by atoms with van der Waals surface area (Å²) in [7, 11) is 0. The largest absolute Gasteiger partial charge is 0.350 e. The normalized spacial score (nSPS) is 18.6.